The third kappa shape index (κ3) is 6.31. The summed E-state index contributed by atoms with van der Waals surface area (Å²) in [6.45, 7) is 4.00. The number of anilines is 1. The second-order valence-corrected chi connectivity index (χ2v) is 10.5. The maximum absolute atomic E-state index is 15.3. The number of ether oxygens (including phenoxy) is 1. The van der Waals surface area contributed by atoms with Crippen LogP contribution in [0.3, 0.4) is 0 Å². The van der Waals surface area contributed by atoms with E-state index in [2.05, 4.69) is 5.32 Å². The molecule has 1 aromatic rings. The number of aliphatic imine (C=N–C) groups is 1. The lowest BCUT2D eigenvalue weighted by Gasteiger charge is -2.36. The summed E-state index contributed by atoms with van der Waals surface area (Å²) in [4.78, 5) is 29.1. The summed E-state index contributed by atoms with van der Waals surface area (Å²) < 4.78 is 59.8. The van der Waals surface area contributed by atoms with Gasteiger partial charge in [0, 0.05) is 34.9 Å². The summed E-state index contributed by atoms with van der Waals surface area (Å²) in [5.41, 5.74) is -0.721. The van der Waals surface area contributed by atoms with Crippen LogP contribution in [-0.2, 0) is 19.9 Å². The minimum Gasteiger partial charge on any atom is -0.375 e. The van der Waals surface area contributed by atoms with Crippen LogP contribution >= 0.6 is 11.8 Å². The zero-order chi connectivity index (χ0) is 27.5. The number of carbonyl (C=O) groups excluding carboxylic acids is 2. The van der Waals surface area contributed by atoms with Crippen molar-refractivity contribution in [2.24, 2.45) is 10.9 Å². The third-order valence-corrected chi connectivity index (χ3v) is 7.85. The molecule has 5 rings (SSSR count). The molecule has 0 spiro atoms. The molecule has 1 unspecified atom stereocenters. The van der Waals surface area contributed by atoms with E-state index in [1.54, 1.807) is 11.4 Å². The van der Waals surface area contributed by atoms with Gasteiger partial charge in [-0.1, -0.05) is 43.8 Å². The number of amides is 2. The van der Waals surface area contributed by atoms with E-state index in [0.29, 0.717) is 29.3 Å². The molecule has 2 fully saturated rings. The van der Waals surface area contributed by atoms with Crippen molar-refractivity contribution >= 4 is 34.4 Å². The number of hydrogen-bond donors (Lipinski definition) is 2. The fourth-order valence-corrected chi connectivity index (χ4v) is 6.13. The van der Waals surface area contributed by atoms with Crippen LogP contribution in [0.5, 0.6) is 0 Å². The van der Waals surface area contributed by atoms with E-state index in [0.717, 1.165) is 37.8 Å². The molecule has 3 atom stereocenters. The van der Waals surface area contributed by atoms with Crippen LogP contribution in [0.4, 0.5) is 23.2 Å². The van der Waals surface area contributed by atoms with Gasteiger partial charge in [0.1, 0.15) is 5.82 Å². The summed E-state index contributed by atoms with van der Waals surface area (Å²) in [6.07, 6.45) is 4.86. The molecule has 11 heteroatoms. The number of fused-ring (bicyclic) bond motifs is 1. The van der Waals surface area contributed by atoms with Crippen molar-refractivity contribution in [3.63, 3.8) is 0 Å². The summed E-state index contributed by atoms with van der Waals surface area (Å²) >= 11 is 1.36. The number of amidine groups is 1. The van der Waals surface area contributed by atoms with Crippen LogP contribution in [-0.4, -0.2) is 41.1 Å². The van der Waals surface area contributed by atoms with E-state index in [-0.39, 0.29) is 35.3 Å². The van der Waals surface area contributed by atoms with E-state index < -0.39 is 23.4 Å². The van der Waals surface area contributed by atoms with Gasteiger partial charge in [0.25, 0.3) is 5.91 Å². The molecular formula is C27H31F4N3O3S. The molecule has 38 heavy (non-hydrogen) atoms. The fraction of sp³-hybridized carbons (Fsp3) is 0.519. The van der Waals surface area contributed by atoms with Crippen molar-refractivity contribution < 1.29 is 31.9 Å². The van der Waals surface area contributed by atoms with Crippen LogP contribution < -0.4 is 10.6 Å². The molecular weight excluding hydrogens is 522 g/mol. The molecule has 1 heterocycles. The Morgan fingerprint density at radius 2 is 1.89 bits per heavy atom. The van der Waals surface area contributed by atoms with Crippen molar-refractivity contribution in [3.8, 4) is 0 Å². The highest BCUT2D eigenvalue weighted by atomic mass is 32.2. The zero-order valence-corrected chi connectivity index (χ0v) is 22.1. The van der Waals surface area contributed by atoms with E-state index >= 15 is 4.39 Å². The lowest BCUT2D eigenvalue weighted by molar-refractivity contribution is -0.167. The van der Waals surface area contributed by atoms with Gasteiger partial charge in [-0.2, -0.15) is 13.2 Å². The zero-order valence-electron chi connectivity index (χ0n) is 21.2. The molecule has 0 aromatic heterocycles. The van der Waals surface area contributed by atoms with E-state index in [1.807, 2.05) is 26.0 Å². The summed E-state index contributed by atoms with van der Waals surface area (Å²) in [6, 6.07) is 3.35. The summed E-state index contributed by atoms with van der Waals surface area (Å²) in [5, 5.41) is 4.95. The Balaban J connectivity index is 0.00000164. The summed E-state index contributed by atoms with van der Waals surface area (Å²) in [7, 11) is 0. The molecule has 0 saturated heterocycles. The molecule has 0 bridgehead atoms. The van der Waals surface area contributed by atoms with Crippen LogP contribution in [0.2, 0.25) is 0 Å². The lowest BCUT2D eigenvalue weighted by Crippen LogP contribution is -2.41. The number of nitrogens with zero attached hydrogens (tertiary/aromatic N) is 1. The van der Waals surface area contributed by atoms with Crippen LogP contribution in [0.1, 0.15) is 57.9 Å². The number of halogens is 4. The van der Waals surface area contributed by atoms with Crippen molar-refractivity contribution in [2.45, 2.75) is 76.3 Å². The second-order valence-electron chi connectivity index (χ2n) is 9.49. The predicted octanol–water partition coefficient (Wildman–Crippen LogP) is 6.00. The molecule has 6 nitrogen and oxygen atoms in total. The number of thioether (sulfide) groups is 1. The highest BCUT2D eigenvalue weighted by Crippen LogP contribution is 2.53. The predicted molar refractivity (Wildman–Crippen MR) is 139 cm³/mol. The van der Waals surface area contributed by atoms with Crippen molar-refractivity contribution in [1.29, 1.82) is 0 Å². The number of benzene rings is 1. The van der Waals surface area contributed by atoms with Gasteiger partial charge in [0.2, 0.25) is 0 Å². The quantitative estimate of drug-likeness (QED) is 0.439. The Labute approximate surface area is 223 Å². The summed E-state index contributed by atoms with van der Waals surface area (Å²) in [5.74, 6) is -2.74. The largest absolute Gasteiger partial charge is 0.471 e. The van der Waals surface area contributed by atoms with Gasteiger partial charge in [-0.3, -0.25) is 14.6 Å². The molecule has 4 aliphatic rings. The average Bonchev–Trinajstić information content (AvgIpc) is 3.64. The number of allylic oxidation sites excluding steroid dienone is 2. The van der Waals surface area contributed by atoms with Gasteiger partial charge in [-0.25, -0.2) is 4.39 Å². The SMILES string of the molecule is CC.O=C(NC1=N[C@@]2(c3cc(NC(=O)C(F)(F)F)ccc3F)CC(OC3CC3)C[C@H]2CS1)C1=CCCC=C1. The van der Waals surface area contributed by atoms with Gasteiger partial charge in [-0.05, 0) is 50.3 Å². The average molecular weight is 554 g/mol. The Morgan fingerprint density at radius 3 is 2.55 bits per heavy atom. The number of alkyl halides is 3. The van der Waals surface area contributed by atoms with Crippen molar-refractivity contribution in [1.82, 2.24) is 5.32 Å². The lowest BCUT2D eigenvalue weighted by atomic mass is 9.81. The first-order valence-electron chi connectivity index (χ1n) is 12.9. The van der Waals surface area contributed by atoms with Crippen LogP contribution in [0.25, 0.3) is 0 Å². The number of nitrogens with one attached hydrogen (secondary N) is 2. The van der Waals surface area contributed by atoms with Gasteiger partial charge < -0.3 is 15.4 Å². The monoisotopic (exact) mass is 553 g/mol. The van der Waals surface area contributed by atoms with Crippen molar-refractivity contribution in [2.75, 3.05) is 11.1 Å². The molecule has 2 saturated carbocycles. The van der Waals surface area contributed by atoms with Crippen LogP contribution in [0, 0.1) is 11.7 Å². The maximum Gasteiger partial charge on any atom is 0.471 e. The first-order chi connectivity index (χ1) is 18.1. The minimum absolute atomic E-state index is 0.0817. The number of hydrogen-bond acceptors (Lipinski definition) is 5. The van der Waals surface area contributed by atoms with Crippen LogP contribution in [0.15, 0.2) is 47.0 Å². The standard InChI is InChI=1S/C25H25F4N3O3S.C2H6/c26-20-9-6-16(30-22(34)25(27,28)29)11-19(20)24-12-18(35-17-7-8-17)10-15(24)13-36-23(32-24)31-21(33)14-4-2-1-3-5-14;1-2/h2,4-6,9,11,15,17-18H,1,3,7-8,10,12-13H2,(H,30,34)(H,31,32,33);1-2H3/t15-,18?,24-;/m0./s1. The first-order valence-corrected chi connectivity index (χ1v) is 13.9. The topological polar surface area (TPSA) is 79.8 Å². The van der Waals surface area contributed by atoms with Gasteiger partial charge >= 0.3 is 12.1 Å². The Bertz CT molecular complexity index is 1160. The minimum atomic E-state index is -5.08. The molecule has 2 N–H and O–H groups in total. The highest BCUT2D eigenvalue weighted by Gasteiger charge is 2.53. The number of rotatable bonds is 5. The first kappa shape index (κ1) is 28.4. The second kappa shape index (κ2) is 11.6. The molecule has 3 aliphatic carbocycles. The Kier molecular flexibility index (Phi) is 8.66. The Hall–Kier alpha value is -2.66. The maximum atomic E-state index is 15.3. The molecule has 206 valence electrons. The molecule has 0 radical (unpaired) electrons. The van der Waals surface area contributed by atoms with Gasteiger partial charge in [0.15, 0.2) is 5.17 Å². The normalized spacial score (nSPS) is 26.4. The van der Waals surface area contributed by atoms with Crippen molar-refractivity contribution in [3.05, 3.63) is 53.4 Å². The van der Waals surface area contributed by atoms with Gasteiger partial charge in [-0.15, -0.1) is 0 Å². The molecule has 2 amide bonds. The van der Waals surface area contributed by atoms with E-state index in [1.165, 1.54) is 17.8 Å². The highest BCUT2D eigenvalue weighted by molar-refractivity contribution is 8.13. The number of carbonyl (C=O) groups is 2. The third-order valence-electron chi connectivity index (χ3n) is 6.82. The molecule has 1 aromatic carbocycles. The Morgan fingerprint density at radius 1 is 1.13 bits per heavy atom. The van der Waals surface area contributed by atoms with E-state index in [4.69, 9.17) is 9.73 Å². The smallest absolute Gasteiger partial charge is 0.375 e. The molecule has 1 aliphatic heterocycles. The van der Waals surface area contributed by atoms with Gasteiger partial charge in [0.05, 0.1) is 17.7 Å². The fourth-order valence-electron chi connectivity index (χ4n) is 4.97. The van der Waals surface area contributed by atoms with E-state index in [9.17, 15) is 22.8 Å².